The summed E-state index contributed by atoms with van der Waals surface area (Å²) in [6.07, 6.45) is 6.63. The summed E-state index contributed by atoms with van der Waals surface area (Å²) in [5, 5.41) is 3.40. The van der Waals surface area contributed by atoms with Crippen molar-refractivity contribution < 1.29 is 0 Å². The molecule has 1 rings (SSSR count). The van der Waals surface area contributed by atoms with Gasteiger partial charge < -0.3 is 10.2 Å². The normalized spacial score (nSPS) is 27.9. The summed E-state index contributed by atoms with van der Waals surface area (Å²) in [4.78, 5) is 2.61. The molecule has 1 N–H and O–H groups in total. The monoisotopic (exact) mass is 198 g/mol. The summed E-state index contributed by atoms with van der Waals surface area (Å²) < 4.78 is 0. The summed E-state index contributed by atoms with van der Waals surface area (Å²) in [6.45, 7) is 4.60. The zero-order valence-electron chi connectivity index (χ0n) is 10.2. The number of hydrogen-bond acceptors (Lipinski definition) is 2. The van der Waals surface area contributed by atoms with Crippen molar-refractivity contribution in [1.29, 1.82) is 0 Å². The van der Waals surface area contributed by atoms with Crippen LogP contribution in [0.4, 0.5) is 0 Å². The molecule has 2 nitrogen and oxygen atoms in total. The molecule has 0 aliphatic heterocycles. The fourth-order valence-electron chi connectivity index (χ4n) is 2.75. The van der Waals surface area contributed by atoms with Crippen molar-refractivity contribution in [2.24, 2.45) is 0 Å². The Hall–Kier alpha value is -0.0800. The van der Waals surface area contributed by atoms with E-state index >= 15 is 0 Å². The summed E-state index contributed by atoms with van der Waals surface area (Å²) in [7, 11) is 4.39. The van der Waals surface area contributed by atoms with Crippen molar-refractivity contribution >= 4 is 0 Å². The number of rotatable bonds is 5. The van der Waals surface area contributed by atoms with Gasteiger partial charge in [0.05, 0.1) is 0 Å². The second-order valence-electron chi connectivity index (χ2n) is 4.59. The molecule has 0 aromatic rings. The van der Waals surface area contributed by atoms with Crippen LogP contribution in [-0.4, -0.2) is 37.1 Å². The third kappa shape index (κ3) is 2.71. The van der Waals surface area contributed by atoms with Gasteiger partial charge in [0.2, 0.25) is 0 Å². The zero-order valence-corrected chi connectivity index (χ0v) is 10.2. The summed E-state index contributed by atoms with van der Waals surface area (Å²) in [5.41, 5.74) is 0. The van der Waals surface area contributed by atoms with Gasteiger partial charge in [-0.25, -0.2) is 0 Å². The first-order valence-electron chi connectivity index (χ1n) is 6.12. The molecule has 2 atom stereocenters. The topological polar surface area (TPSA) is 15.3 Å². The lowest BCUT2D eigenvalue weighted by atomic mass is 10.1. The van der Waals surface area contributed by atoms with Crippen LogP contribution in [0.3, 0.4) is 0 Å². The average Bonchev–Trinajstić information content (AvgIpc) is 2.67. The third-order valence-corrected chi connectivity index (χ3v) is 3.91. The van der Waals surface area contributed by atoms with E-state index in [9.17, 15) is 0 Å². The zero-order chi connectivity index (χ0) is 10.6. The van der Waals surface area contributed by atoms with E-state index < -0.39 is 0 Å². The smallest absolute Gasteiger partial charge is 0.0110 e. The van der Waals surface area contributed by atoms with Crippen LogP contribution in [0.1, 0.15) is 46.0 Å². The molecule has 2 heteroatoms. The van der Waals surface area contributed by atoms with Crippen LogP contribution >= 0.6 is 0 Å². The molecule has 0 aromatic carbocycles. The van der Waals surface area contributed by atoms with Gasteiger partial charge >= 0.3 is 0 Å². The van der Waals surface area contributed by atoms with Gasteiger partial charge in [0.25, 0.3) is 0 Å². The average molecular weight is 198 g/mol. The van der Waals surface area contributed by atoms with Crippen LogP contribution in [-0.2, 0) is 0 Å². The molecular formula is C12H26N2. The van der Waals surface area contributed by atoms with Crippen molar-refractivity contribution in [2.75, 3.05) is 14.1 Å². The van der Waals surface area contributed by atoms with E-state index in [1.54, 1.807) is 0 Å². The first kappa shape index (κ1) is 12.0. The predicted octanol–water partition coefficient (Wildman–Crippen LogP) is 2.25. The van der Waals surface area contributed by atoms with Gasteiger partial charge in [-0.3, -0.25) is 0 Å². The molecule has 1 fully saturated rings. The minimum Gasteiger partial charge on any atom is -0.317 e. The SMILES string of the molecule is CCC(CC)N(C)C1CCC(NC)C1. The quantitative estimate of drug-likeness (QED) is 0.729. The van der Waals surface area contributed by atoms with Crippen LogP contribution in [0.5, 0.6) is 0 Å². The fourth-order valence-corrected chi connectivity index (χ4v) is 2.75. The van der Waals surface area contributed by atoms with Gasteiger partial charge in [0.1, 0.15) is 0 Å². The highest BCUT2D eigenvalue weighted by Gasteiger charge is 2.28. The van der Waals surface area contributed by atoms with E-state index in [0.29, 0.717) is 0 Å². The van der Waals surface area contributed by atoms with E-state index in [0.717, 1.165) is 18.1 Å². The highest BCUT2D eigenvalue weighted by Crippen LogP contribution is 2.25. The molecule has 1 aliphatic rings. The molecule has 0 spiro atoms. The molecule has 1 saturated carbocycles. The maximum Gasteiger partial charge on any atom is 0.0110 e. The van der Waals surface area contributed by atoms with Crippen molar-refractivity contribution in [3.63, 3.8) is 0 Å². The lowest BCUT2D eigenvalue weighted by molar-refractivity contribution is 0.164. The maximum absolute atomic E-state index is 3.40. The van der Waals surface area contributed by atoms with E-state index in [2.05, 4.69) is 38.2 Å². The molecule has 2 unspecified atom stereocenters. The Kier molecular flexibility index (Phi) is 4.90. The fraction of sp³-hybridized carbons (Fsp3) is 1.00. The number of hydrogen-bond donors (Lipinski definition) is 1. The molecule has 14 heavy (non-hydrogen) atoms. The molecular weight excluding hydrogens is 172 g/mol. The van der Waals surface area contributed by atoms with Crippen LogP contribution in [0.25, 0.3) is 0 Å². The Morgan fingerprint density at radius 2 is 1.93 bits per heavy atom. The van der Waals surface area contributed by atoms with Gasteiger partial charge in [0.15, 0.2) is 0 Å². The minimum absolute atomic E-state index is 0.761. The standard InChI is InChI=1S/C12H26N2/c1-5-11(6-2)14(4)12-8-7-10(9-12)13-3/h10-13H,5-9H2,1-4H3. The van der Waals surface area contributed by atoms with Crippen molar-refractivity contribution in [1.82, 2.24) is 10.2 Å². The van der Waals surface area contributed by atoms with Gasteiger partial charge in [-0.1, -0.05) is 13.8 Å². The van der Waals surface area contributed by atoms with Crippen LogP contribution in [0.15, 0.2) is 0 Å². The molecule has 0 aromatic heterocycles. The lowest BCUT2D eigenvalue weighted by Crippen LogP contribution is -2.39. The molecule has 0 amide bonds. The molecule has 0 radical (unpaired) electrons. The Morgan fingerprint density at radius 3 is 2.36 bits per heavy atom. The van der Waals surface area contributed by atoms with Crippen LogP contribution in [0, 0.1) is 0 Å². The molecule has 1 aliphatic carbocycles. The van der Waals surface area contributed by atoms with Gasteiger partial charge in [-0.05, 0) is 46.2 Å². The first-order valence-corrected chi connectivity index (χ1v) is 6.12. The van der Waals surface area contributed by atoms with Crippen molar-refractivity contribution in [3.05, 3.63) is 0 Å². The van der Waals surface area contributed by atoms with E-state index in [-0.39, 0.29) is 0 Å². The summed E-state index contributed by atoms with van der Waals surface area (Å²) >= 11 is 0. The second kappa shape index (κ2) is 5.72. The minimum atomic E-state index is 0.761. The Balaban J connectivity index is 2.41. The van der Waals surface area contributed by atoms with E-state index in [1.807, 2.05) is 0 Å². The van der Waals surface area contributed by atoms with Crippen molar-refractivity contribution in [3.8, 4) is 0 Å². The van der Waals surface area contributed by atoms with Crippen LogP contribution < -0.4 is 5.32 Å². The van der Waals surface area contributed by atoms with E-state index in [1.165, 1.54) is 32.1 Å². The van der Waals surface area contributed by atoms with Gasteiger partial charge in [-0.2, -0.15) is 0 Å². The maximum atomic E-state index is 3.40. The van der Waals surface area contributed by atoms with Gasteiger partial charge in [-0.15, -0.1) is 0 Å². The molecule has 0 saturated heterocycles. The summed E-state index contributed by atoms with van der Waals surface area (Å²) in [5.74, 6) is 0. The summed E-state index contributed by atoms with van der Waals surface area (Å²) in [6, 6.07) is 2.37. The van der Waals surface area contributed by atoms with Crippen LogP contribution in [0.2, 0.25) is 0 Å². The van der Waals surface area contributed by atoms with Crippen molar-refractivity contribution in [2.45, 2.75) is 64.1 Å². The Bertz CT molecular complexity index is 154. The molecule has 0 heterocycles. The largest absolute Gasteiger partial charge is 0.317 e. The number of nitrogens with zero attached hydrogens (tertiary/aromatic N) is 1. The van der Waals surface area contributed by atoms with E-state index in [4.69, 9.17) is 0 Å². The molecule has 0 bridgehead atoms. The predicted molar refractivity (Wildman–Crippen MR) is 62.6 cm³/mol. The highest BCUT2D eigenvalue weighted by molar-refractivity contribution is 4.86. The van der Waals surface area contributed by atoms with Gasteiger partial charge in [0, 0.05) is 18.1 Å². The lowest BCUT2D eigenvalue weighted by Gasteiger charge is -2.32. The number of nitrogens with one attached hydrogen (secondary N) is 1. The second-order valence-corrected chi connectivity index (χ2v) is 4.59. The Morgan fingerprint density at radius 1 is 1.29 bits per heavy atom. The third-order valence-electron chi connectivity index (χ3n) is 3.91. The highest BCUT2D eigenvalue weighted by atomic mass is 15.2. The Labute approximate surface area is 89.1 Å². The molecule has 84 valence electrons. The first-order chi connectivity index (χ1) is 6.72.